The van der Waals surface area contributed by atoms with Crippen molar-refractivity contribution in [1.82, 2.24) is 4.90 Å². The first-order valence-corrected chi connectivity index (χ1v) is 13.4. The summed E-state index contributed by atoms with van der Waals surface area (Å²) in [5.41, 5.74) is 5.66. The molecule has 0 bridgehead atoms. The number of fused-ring (bicyclic) bond motifs is 1. The Hall–Kier alpha value is -3.77. The summed E-state index contributed by atoms with van der Waals surface area (Å²) in [7, 11) is 1.62. The largest absolute Gasteiger partial charge is 0.493 e. The van der Waals surface area contributed by atoms with Crippen molar-refractivity contribution in [2.75, 3.05) is 45.3 Å². The normalized spacial score (nSPS) is 12.7. The summed E-state index contributed by atoms with van der Waals surface area (Å²) >= 11 is 0. The van der Waals surface area contributed by atoms with Gasteiger partial charge in [-0.1, -0.05) is 49.7 Å². The summed E-state index contributed by atoms with van der Waals surface area (Å²) in [6.07, 6.45) is 3.56. The van der Waals surface area contributed by atoms with Gasteiger partial charge in [0.25, 0.3) is 5.91 Å². The van der Waals surface area contributed by atoms with E-state index in [0.29, 0.717) is 42.4 Å². The van der Waals surface area contributed by atoms with E-state index in [2.05, 4.69) is 67.4 Å². The van der Waals surface area contributed by atoms with Gasteiger partial charge in [0.2, 0.25) is 0 Å². The zero-order valence-electron chi connectivity index (χ0n) is 22.9. The Morgan fingerprint density at radius 1 is 0.974 bits per heavy atom. The van der Waals surface area contributed by atoms with Crippen molar-refractivity contribution in [2.24, 2.45) is 0 Å². The molecule has 0 atom stereocenters. The molecule has 6 nitrogen and oxygen atoms in total. The van der Waals surface area contributed by atoms with Gasteiger partial charge in [0.1, 0.15) is 12.4 Å². The standard InChI is InChI=1S/C32H38N2O4/c1-5-16-34(6-2)17-19-38-31-22-28(12-14-30(31)36-4)33-32(35)26-15-18-37-29-13-11-25(20-27(29)21-26)24-9-7-23(3)8-10-24/h7-14,20-22H,5-6,15-19H2,1-4H3,(H,33,35). The van der Waals surface area contributed by atoms with E-state index in [1.165, 1.54) is 5.56 Å². The number of hydrogen-bond donors (Lipinski definition) is 1. The molecule has 1 N–H and O–H groups in total. The highest BCUT2D eigenvalue weighted by atomic mass is 16.5. The van der Waals surface area contributed by atoms with Crippen LogP contribution in [0, 0.1) is 6.92 Å². The van der Waals surface area contributed by atoms with Gasteiger partial charge < -0.3 is 24.4 Å². The second kappa shape index (κ2) is 13.2. The minimum atomic E-state index is -0.154. The van der Waals surface area contributed by atoms with Crippen LogP contribution in [0.2, 0.25) is 0 Å². The predicted octanol–water partition coefficient (Wildman–Crippen LogP) is 6.59. The molecule has 4 rings (SSSR count). The lowest BCUT2D eigenvalue weighted by Crippen LogP contribution is -2.29. The van der Waals surface area contributed by atoms with Gasteiger partial charge >= 0.3 is 0 Å². The average Bonchev–Trinajstić information content (AvgIpc) is 3.15. The highest BCUT2D eigenvalue weighted by molar-refractivity contribution is 6.07. The Morgan fingerprint density at radius 3 is 2.50 bits per heavy atom. The summed E-state index contributed by atoms with van der Waals surface area (Å²) in [4.78, 5) is 15.6. The number of likely N-dealkylation sites (N-methyl/N-ethyl adjacent to an activating group) is 1. The molecule has 0 saturated heterocycles. The number of nitrogens with zero attached hydrogens (tertiary/aromatic N) is 1. The third kappa shape index (κ3) is 6.95. The third-order valence-corrected chi connectivity index (χ3v) is 6.72. The first-order chi connectivity index (χ1) is 18.5. The molecule has 1 aliphatic heterocycles. The van der Waals surface area contributed by atoms with Crippen LogP contribution in [0.25, 0.3) is 17.2 Å². The number of carbonyl (C=O) groups is 1. The highest BCUT2D eigenvalue weighted by Crippen LogP contribution is 2.33. The van der Waals surface area contributed by atoms with Gasteiger partial charge in [0, 0.05) is 35.9 Å². The summed E-state index contributed by atoms with van der Waals surface area (Å²) in [6.45, 7) is 10.3. The van der Waals surface area contributed by atoms with Crippen molar-refractivity contribution in [3.05, 3.63) is 77.4 Å². The monoisotopic (exact) mass is 514 g/mol. The lowest BCUT2D eigenvalue weighted by Gasteiger charge is -2.20. The number of nitrogens with one attached hydrogen (secondary N) is 1. The number of hydrogen-bond acceptors (Lipinski definition) is 5. The molecule has 0 spiro atoms. The molecule has 1 aliphatic rings. The van der Waals surface area contributed by atoms with Crippen LogP contribution in [0.15, 0.2) is 66.2 Å². The molecule has 0 aromatic heterocycles. The van der Waals surface area contributed by atoms with Crippen molar-refractivity contribution in [1.29, 1.82) is 0 Å². The molecule has 0 unspecified atom stereocenters. The lowest BCUT2D eigenvalue weighted by atomic mass is 10.00. The molecule has 0 fully saturated rings. The van der Waals surface area contributed by atoms with Gasteiger partial charge in [-0.2, -0.15) is 0 Å². The maximum absolute atomic E-state index is 13.3. The molecule has 6 heteroatoms. The van der Waals surface area contributed by atoms with Crippen LogP contribution in [0.3, 0.4) is 0 Å². The molecular formula is C32H38N2O4. The Labute approximate surface area is 226 Å². The zero-order valence-corrected chi connectivity index (χ0v) is 22.9. The molecule has 3 aromatic rings. The van der Waals surface area contributed by atoms with Gasteiger partial charge in [-0.15, -0.1) is 0 Å². The van der Waals surface area contributed by atoms with E-state index >= 15 is 0 Å². The lowest BCUT2D eigenvalue weighted by molar-refractivity contribution is -0.113. The number of aryl methyl sites for hydroxylation is 1. The number of methoxy groups -OCH3 is 1. The van der Waals surface area contributed by atoms with E-state index in [4.69, 9.17) is 14.2 Å². The van der Waals surface area contributed by atoms with E-state index in [0.717, 1.165) is 48.5 Å². The molecule has 200 valence electrons. The highest BCUT2D eigenvalue weighted by Gasteiger charge is 2.17. The minimum Gasteiger partial charge on any atom is -0.493 e. The van der Waals surface area contributed by atoms with E-state index in [1.54, 1.807) is 7.11 Å². The smallest absolute Gasteiger partial charge is 0.251 e. The van der Waals surface area contributed by atoms with E-state index in [1.807, 2.05) is 30.3 Å². The summed E-state index contributed by atoms with van der Waals surface area (Å²) in [5.74, 6) is 1.89. The Balaban J connectivity index is 1.49. The fraction of sp³-hybridized carbons (Fsp3) is 0.344. The summed E-state index contributed by atoms with van der Waals surface area (Å²) in [6, 6.07) is 20.0. The number of carbonyl (C=O) groups excluding carboxylic acids is 1. The van der Waals surface area contributed by atoms with E-state index in [-0.39, 0.29) is 5.91 Å². The van der Waals surface area contributed by atoms with Crippen LogP contribution in [0.4, 0.5) is 5.69 Å². The SMILES string of the molecule is CCCN(CC)CCOc1cc(NC(=O)C2=Cc3cc(-c4ccc(C)cc4)ccc3OCC2)ccc1OC. The van der Waals surface area contributed by atoms with Crippen molar-refractivity contribution in [3.8, 4) is 28.4 Å². The van der Waals surface area contributed by atoms with Crippen molar-refractivity contribution in [3.63, 3.8) is 0 Å². The quantitative estimate of drug-likeness (QED) is 0.313. The maximum Gasteiger partial charge on any atom is 0.251 e. The Morgan fingerprint density at radius 2 is 1.76 bits per heavy atom. The number of benzene rings is 3. The number of ether oxygens (including phenoxy) is 3. The van der Waals surface area contributed by atoms with Crippen LogP contribution in [0.1, 0.15) is 37.8 Å². The first kappa shape index (κ1) is 27.3. The van der Waals surface area contributed by atoms with Crippen LogP contribution >= 0.6 is 0 Å². The van der Waals surface area contributed by atoms with Gasteiger partial charge in [-0.05, 0) is 67.9 Å². The van der Waals surface area contributed by atoms with Gasteiger partial charge in [-0.3, -0.25) is 4.79 Å². The minimum absolute atomic E-state index is 0.154. The van der Waals surface area contributed by atoms with Crippen LogP contribution in [-0.4, -0.2) is 50.8 Å². The fourth-order valence-corrected chi connectivity index (χ4v) is 4.54. The van der Waals surface area contributed by atoms with E-state index < -0.39 is 0 Å². The predicted molar refractivity (Wildman–Crippen MR) is 154 cm³/mol. The summed E-state index contributed by atoms with van der Waals surface area (Å²) in [5, 5.41) is 3.04. The molecule has 0 saturated carbocycles. The molecule has 3 aromatic carbocycles. The van der Waals surface area contributed by atoms with Crippen LogP contribution in [0.5, 0.6) is 17.2 Å². The molecular weight excluding hydrogens is 476 g/mol. The second-order valence-corrected chi connectivity index (χ2v) is 9.49. The van der Waals surface area contributed by atoms with Crippen molar-refractivity contribution in [2.45, 2.75) is 33.6 Å². The Kier molecular flexibility index (Phi) is 9.44. The van der Waals surface area contributed by atoms with Gasteiger partial charge in [0.15, 0.2) is 11.5 Å². The van der Waals surface area contributed by atoms with Crippen molar-refractivity contribution < 1.29 is 19.0 Å². The number of rotatable bonds is 11. The van der Waals surface area contributed by atoms with Crippen molar-refractivity contribution >= 4 is 17.7 Å². The topological polar surface area (TPSA) is 60.0 Å². The first-order valence-electron chi connectivity index (χ1n) is 13.4. The van der Waals surface area contributed by atoms with Crippen LogP contribution < -0.4 is 19.5 Å². The molecule has 1 amide bonds. The van der Waals surface area contributed by atoms with Gasteiger partial charge in [-0.25, -0.2) is 0 Å². The van der Waals surface area contributed by atoms with E-state index in [9.17, 15) is 4.79 Å². The molecule has 1 heterocycles. The average molecular weight is 515 g/mol. The zero-order chi connectivity index (χ0) is 26.9. The van der Waals surface area contributed by atoms with Crippen LogP contribution in [-0.2, 0) is 4.79 Å². The third-order valence-electron chi connectivity index (χ3n) is 6.72. The molecule has 38 heavy (non-hydrogen) atoms. The number of anilines is 1. The summed E-state index contributed by atoms with van der Waals surface area (Å²) < 4.78 is 17.5. The van der Waals surface area contributed by atoms with Gasteiger partial charge in [0.05, 0.1) is 13.7 Å². The fourth-order valence-electron chi connectivity index (χ4n) is 4.54. The number of amides is 1. The Bertz CT molecular complexity index is 1270. The second-order valence-electron chi connectivity index (χ2n) is 9.49. The maximum atomic E-state index is 13.3. The molecule has 0 radical (unpaired) electrons. The molecule has 0 aliphatic carbocycles.